The van der Waals surface area contributed by atoms with E-state index in [9.17, 15) is 10.1 Å². The molecule has 2 N–H and O–H groups in total. The Morgan fingerprint density at radius 3 is 2.69 bits per heavy atom. The molecule has 0 heterocycles. The number of anilines is 1. The molecule has 1 rings (SSSR count). The van der Waals surface area contributed by atoms with Crippen molar-refractivity contribution in [3.63, 3.8) is 0 Å². The number of nitro benzene ring substituents is 1. The number of nitrogen functional groups attached to an aromatic ring is 1. The molecule has 0 spiro atoms. The second-order valence-corrected chi connectivity index (χ2v) is 3.07. The molecule has 0 saturated heterocycles. The lowest BCUT2D eigenvalue weighted by atomic mass is 10.2. The number of hydrogen-bond acceptors (Lipinski definition) is 4. The van der Waals surface area contributed by atoms with Gasteiger partial charge in [-0.25, -0.2) is 0 Å². The molecule has 0 radical (unpaired) electrons. The van der Waals surface area contributed by atoms with E-state index in [1.807, 2.05) is 0 Å². The smallest absolute Gasteiger partial charge is 0.309 e. The van der Waals surface area contributed by atoms with Crippen LogP contribution in [0.4, 0.5) is 11.4 Å². The molecule has 13 heavy (non-hydrogen) atoms. The largest absolute Gasteiger partial charge is 0.495 e. The van der Waals surface area contributed by atoms with Crippen LogP contribution in [0.1, 0.15) is 0 Å². The highest BCUT2D eigenvalue weighted by atomic mass is 79.9. The summed E-state index contributed by atoms with van der Waals surface area (Å²) in [5.74, 6) is 0.390. The van der Waals surface area contributed by atoms with Crippen molar-refractivity contribution in [2.24, 2.45) is 0 Å². The number of nitro groups is 1. The molecule has 6 heteroatoms. The number of nitrogens with two attached hydrogens (primary N) is 1. The van der Waals surface area contributed by atoms with Crippen LogP contribution in [0.25, 0.3) is 0 Å². The van der Waals surface area contributed by atoms with E-state index in [2.05, 4.69) is 15.9 Å². The third-order valence-corrected chi connectivity index (χ3v) is 2.28. The summed E-state index contributed by atoms with van der Waals surface area (Å²) in [5, 5.41) is 10.6. The lowest BCUT2D eigenvalue weighted by Crippen LogP contribution is -1.98. The normalized spacial score (nSPS) is 9.69. The van der Waals surface area contributed by atoms with E-state index >= 15 is 0 Å². The zero-order valence-electron chi connectivity index (χ0n) is 6.78. The van der Waals surface area contributed by atoms with E-state index in [1.54, 1.807) is 6.07 Å². The molecule has 0 saturated carbocycles. The number of ether oxygens (including phenoxy) is 1. The minimum absolute atomic E-state index is 0.109. The molecular formula is C7H7BrN2O3. The molecule has 0 aromatic heterocycles. The first-order valence-corrected chi connectivity index (χ1v) is 4.13. The van der Waals surface area contributed by atoms with Crippen LogP contribution in [0, 0.1) is 10.1 Å². The maximum atomic E-state index is 10.6. The summed E-state index contributed by atoms with van der Waals surface area (Å²) in [5.41, 5.74) is 5.36. The molecule has 5 nitrogen and oxygen atoms in total. The van der Waals surface area contributed by atoms with Crippen molar-refractivity contribution in [1.29, 1.82) is 0 Å². The Morgan fingerprint density at radius 2 is 2.23 bits per heavy atom. The summed E-state index contributed by atoms with van der Waals surface area (Å²) < 4.78 is 5.15. The van der Waals surface area contributed by atoms with Gasteiger partial charge in [0.25, 0.3) is 0 Å². The molecule has 0 aliphatic heterocycles. The third-order valence-electron chi connectivity index (χ3n) is 1.51. The Kier molecular flexibility index (Phi) is 2.72. The predicted molar refractivity (Wildman–Crippen MR) is 51.8 cm³/mol. The van der Waals surface area contributed by atoms with Crippen LogP contribution in [-0.2, 0) is 0 Å². The summed E-state index contributed by atoms with van der Waals surface area (Å²) >= 11 is 3.05. The quantitative estimate of drug-likeness (QED) is 0.492. The van der Waals surface area contributed by atoms with E-state index in [0.717, 1.165) is 0 Å². The first kappa shape index (κ1) is 9.79. The van der Waals surface area contributed by atoms with Gasteiger partial charge in [-0.15, -0.1) is 0 Å². The molecule has 0 atom stereocenters. The fraction of sp³-hybridized carbons (Fsp3) is 0.143. The zero-order chi connectivity index (χ0) is 10.0. The average molecular weight is 247 g/mol. The Hall–Kier alpha value is -1.30. The second-order valence-electron chi connectivity index (χ2n) is 2.28. The molecule has 0 unspecified atom stereocenters. The maximum Gasteiger partial charge on any atom is 0.309 e. The number of rotatable bonds is 2. The summed E-state index contributed by atoms with van der Waals surface area (Å²) in [4.78, 5) is 10.00. The number of methoxy groups -OCH3 is 1. The van der Waals surface area contributed by atoms with E-state index < -0.39 is 4.92 Å². The molecular weight excluding hydrogens is 240 g/mol. The highest BCUT2D eigenvalue weighted by Crippen LogP contribution is 2.37. The fourth-order valence-electron chi connectivity index (χ4n) is 0.904. The summed E-state index contributed by atoms with van der Waals surface area (Å²) in [6, 6.07) is 2.99. The molecule has 70 valence electrons. The first-order chi connectivity index (χ1) is 6.07. The van der Waals surface area contributed by atoms with Crippen molar-refractivity contribution in [3.05, 3.63) is 26.7 Å². The number of hydrogen-bond donors (Lipinski definition) is 1. The van der Waals surface area contributed by atoms with Gasteiger partial charge >= 0.3 is 5.69 Å². The van der Waals surface area contributed by atoms with Gasteiger partial charge in [0.15, 0.2) is 0 Å². The monoisotopic (exact) mass is 246 g/mol. The minimum Gasteiger partial charge on any atom is -0.495 e. The summed E-state index contributed by atoms with van der Waals surface area (Å²) in [6.45, 7) is 0. The molecule has 1 aromatic rings. The molecule has 0 aliphatic rings. The van der Waals surface area contributed by atoms with Crippen LogP contribution < -0.4 is 10.5 Å². The summed E-state index contributed by atoms with van der Waals surface area (Å²) in [7, 11) is 1.43. The Bertz CT molecular complexity index is 354. The van der Waals surface area contributed by atoms with Crippen LogP contribution >= 0.6 is 15.9 Å². The van der Waals surface area contributed by atoms with Gasteiger partial charge in [-0.05, 0) is 28.1 Å². The van der Waals surface area contributed by atoms with Gasteiger partial charge in [0, 0.05) is 0 Å². The average Bonchev–Trinajstić information content (AvgIpc) is 2.04. The number of nitrogens with zero attached hydrogens (tertiary/aromatic N) is 1. The van der Waals surface area contributed by atoms with Crippen LogP contribution in [0.2, 0.25) is 0 Å². The van der Waals surface area contributed by atoms with Crippen molar-refractivity contribution in [1.82, 2.24) is 0 Å². The zero-order valence-corrected chi connectivity index (χ0v) is 8.37. The first-order valence-electron chi connectivity index (χ1n) is 3.34. The lowest BCUT2D eigenvalue weighted by molar-refractivity contribution is -0.384. The maximum absolute atomic E-state index is 10.6. The molecule has 0 fully saturated rings. The Labute approximate surface area is 82.8 Å². The van der Waals surface area contributed by atoms with Crippen molar-refractivity contribution in [3.8, 4) is 5.75 Å². The number of benzene rings is 1. The highest BCUT2D eigenvalue weighted by Gasteiger charge is 2.19. The highest BCUT2D eigenvalue weighted by molar-refractivity contribution is 9.10. The van der Waals surface area contributed by atoms with E-state index in [4.69, 9.17) is 10.5 Å². The van der Waals surface area contributed by atoms with Crippen molar-refractivity contribution >= 4 is 27.3 Å². The van der Waals surface area contributed by atoms with Gasteiger partial charge in [0.2, 0.25) is 0 Å². The van der Waals surface area contributed by atoms with E-state index in [-0.39, 0.29) is 15.8 Å². The SMILES string of the molecule is COc1ccc(N)c([N+](=O)[O-])c1Br. The van der Waals surface area contributed by atoms with E-state index in [1.165, 1.54) is 13.2 Å². The molecule has 1 aromatic carbocycles. The van der Waals surface area contributed by atoms with Gasteiger partial charge < -0.3 is 10.5 Å². The second kappa shape index (κ2) is 3.61. The third kappa shape index (κ3) is 1.72. The van der Waals surface area contributed by atoms with Gasteiger partial charge in [-0.2, -0.15) is 0 Å². The topological polar surface area (TPSA) is 78.4 Å². The predicted octanol–water partition coefficient (Wildman–Crippen LogP) is 1.95. The Morgan fingerprint density at radius 1 is 1.62 bits per heavy atom. The van der Waals surface area contributed by atoms with Crippen molar-refractivity contribution < 1.29 is 9.66 Å². The van der Waals surface area contributed by atoms with E-state index in [0.29, 0.717) is 5.75 Å². The van der Waals surface area contributed by atoms with Gasteiger partial charge in [0.05, 0.1) is 12.0 Å². The summed E-state index contributed by atoms with van der Waals surface area (Å²) in [6.07, 6.45) is 0. The van der Waals surface area contributed by atoms with Crippen LogP contribution in [0.3, 0.4) is 0 Å². The van der Waals surface area contributed by atoms with Crippen molar-refractivity contribution in [2.45, 2.75) is 0 Å². The van der Waals surface area contributed by atoms with Gasteiger partial charge in [0.1, 0.15) is 15.9 Å². The Balaban J connectivity index is 3.38. The van der Waals surface area contributed by atoms with Crippen LogP contribution in [-0.4, -0.2) is 12.0 Å². The standard InChI is InChI=1S/C7H7BrN2O3/c1-13-5-3-2-4(9)7(6(5)8)10(11)12/h2-3H,9H2,1H3. The molecule has 0 aliphatic carbocycles. The lowest BCUT2D eigenvalue weighted by Gasteiger charge is -2.04. The fourth-order valence-corrected chi connectivity index (χ4v) is 1.57. The van der Waals surface area contributed by atoms with Crippen LogP contribution in [0.5, 0.6) is 5.75 Å². The van der Waals surface area contributed by atoms with Gasteiger partial charge in [-0.1, -0.05) is 0 Å². The molecule has 0 amide bonds. The van der Waals surface area contributed by atoms with Crippen LogP contribution in [0.15, 0.2) is 16.6 Å². The number of halogens is 1. The van der Waals surface area contributed by atoms with Crippen molar-refractivity contribution in [2.75, 3.05) is 12.8 Å². The minimum atomic E-state index is -0.554. The van der Waals surface area contributed by atoms with Gasteiger partial charge in [-0.3, -0.25) is 10.1 Å². The molecule has 0 bridgehead atoms.